The summed E-state index contributed by atoms with van der Waals surface area (Å²) in [6, 6.07) is 10.3. The Morgan fingerprint density at radius 3 is 2.65 bits per heavy atom. The van der Waals surface area contributed by atoms with Crippen LogP contribution in [0.2, 0.25) is 0 Å². The van der Waals surface area contributed by atoms with Gasteiger partial charge in [-0.1, -0.05) is 32.0 Å². The number of H-pyrrole nitrogens is 1. The van der Waals surface area contributed by atoms with E-state index < -0.39 is 12.1 Å². The Morgan fingerprint density at radius 1 is 1.16 bits per heavy atom. The van der Waals surface area contributed by atoms with Gasteiger partial charge in [0.05, 0.1) is 17.1 Å². The number of para-hydroxylation sites is 2. The van der Waals surface area contributed by atoms with Crippen LogP contribution in [0, 0.1) is 5.92 Å². The number of carbonyl (C=O) groups is 2. The topological polar surface area (TPSA) is 103 Å². The monoisotopic (exact) mass is 420 g/mol. The number of aromatic amines is 1. The van der Waals surface area contributed by atoms with Crippen LogP contribution in [0.25, 0.3) is 11.0 Å². The molecule has 1 aliphatic rings. The molecule has 3 heterocycles. The van der Waals surface area contributed by atoms with Gasteiger partial charge in [0.15, 0.2) is 0 Å². The van der Waals surface area contributed by atoms with Crippen molar-refractivity contribution in [3.63, 3.8) is 0 Å². The summed E-state index contributed by atoms with van der Waals surface area (Å²) in [7, 11) is 1.72. The van der Waals surface area contributed by atoms with E-state index in [1.807, 2.05) is 50.2 Å². The summed E-state index contributed by atoms with van der Waals surface area (Å²) in [6.45, 7) is 5.62. The maximum atomic E-state index is 13.8. The van der Waals surface area contributed by atoms with E-state index >= 15 is 0 Å². The Balaban J connectivity index is 1.72. The summed E-state index contributed by atoms with van der Waals surface area (Å²) >= 11 is 0. The van der Waals surface area contributed by atoms with Gasteiger partial charge in [-0.3, -0.25) is 14.5 Å². The van der Waals surface area contributed by atoms with Gasteiger partial charge in [-0.15, -0.1) is 0 Å². The summed E-state index contributed by atoms with van der Waals surface area (Å²) < 4.78 is 0. The first-order chi connectivity index (χ1) is 14.9. The fraction of sp³-hybridized carbons (Fsp3) is 0.391. The van der Waals surface area contributed by atoms with E-state index in [0.29, 0.717) is 18.1 Å². The number of aromatic nitrogens is 3. The normalized spacial score (nSPS) is 17.6. The van der Waals surface area contributed by atoms with Crippen molar-refractivity contribution in [2.45, 2.75) is 45.3 Å². The first-order valence-corrected chi connectivity index (χ1v) is 10.6. The number of imidazole rings is 1. The van der Waals surface area contributed by atoms with E-state index in [1.54, 1.807) is 25.1 Å². The highest BCUT2D eigenvalue weighted by Gasteiger charge is 2.41. The Kier molecular flexibility index (Phi) is 5.73. The third-order valence-corrected chi connectivity index (χ3v) is 5.84. The van der Waals surface area contributed by atoms with Crippen LogP contribution in [0.15, 0.2) is 42.6 Å². The van der Waals surface area contributed by atoms with Gasteiger partial charge in [-0.05, 0) is 43.7 Å². The highest BCUT2D eigenvalue weighted by Crippen LogP contribution is 2.39. The van der Waals surface area contributed by atoms with Gasteiger partial charge in [-0.2, -0.15) is 0 Å². The number of likely N-dealkylation sites (N-methyl/N-ethyl adjacent to an activating group) is 1. The zero-order chi connectivity index (χ0) is 22.1. The standard InChI is InChI=1S/C23H28N6O2/c1-13(2)19(28-22(30)14(3)24-4)23(31)29-18(12-15-8-7-11-25-21(15)29)20-26-16-9-5-6-10-17(16)27-20/h5-11,13-14,18-19,24H,12H2,1-4H3,(H,26,27)(H,28,30)/t14-,18+,19+/m1/s1. The first-order valence-electron chi connectivity index (χ1n) is 10.6. The number of fused-ring (bicyclic) bond motifs is 2. The van der Waals surface area contributed by atoms with Gasteiger partial charge in [0, 0.05) is 12.6 Å². The molecule has 8 heteroatoms. The van der Waals surface area contributed by atoms with Gasteiger partial charge in [0.2, 0.25) is 5.91 Å². The van der Waals surface area contributed by atoms with E-state index in [0.717, 1.165) is 16.6 Å². The third kappa shape index (κ3) is 3.90. The lowest BCUT2D eigenvalue weighted by Gasteiger charge is -2.30. The molecule has 0 spiro atoms. The van der Waals surface area contributed by atoms with E-state index in [-0.39, 0.29) is 23.8 Å². The molecule has 0 radical (unpaired) electrons. The highest BCUT2D eigenvalue weighted by molar-refractivity contribution is 6.01. The van der Waals surface area contributed by atoms with Crippen LogP contribution in [0.1, 0.15) is 38.2 Å². The van der Waals surface area contributed by atoms with Gasteiger partial charge in [0.1, 0.15) is 23.7 Å². The zero-order valence-corrected chi connectivity index (χ0v) is 18.2. The smallest absolute Gasteiger partial charge is 0.251 e. The van der Waals surface area contributed by atoms with Gasteiger partial charge < -0.3 is 15.6 Å². The third-order valence-electron chi connectivity index (χ3n) is 5.84. The summed E-state index contributed by atoms with van der Waals surface area (Å²) in [4.78, 5) is 40.7. The second kappa shape index (κ2) is 8.47. The average Bonchev–Trinajstić information content (AvgIpc) is 3.37. The van der Waals surface area contributed by atoms with Crippen LogP contribution in [-0.4, -0.2) is 45.9 Å². The number of nitrogens with one attached hydrogen (secondary N) is 3. The molecule has 1 aliphatic heterocycles. The van der Waals surface area contributed by atoms with Crippen LogP contribution in [0.5, 0.6) is 0 Å². The molecule has 8 nitrogen and oxygen atoms in total. The van der Waals surface area contributed by atoms with E-state index in [9.17, 15) is 9.59 Å². The molecule has 0 fully saturated rings. The summed E-state index contributed by atoms with van der Waals surface area (Å²) in [5, 5.41) is 5.84. The van der Waals surface area contributed by atoms with Crippen LogP contribution in [0.4, 0.5) is 5.82 Å². The molecule has 2 amide bonds. The lowest BCUT2D eigenvalue weighted by molar-refractivity contribution is -0.129. The van der Waals surface area contributed by atoms with Crippen LogP contribution < -0.4 is 15.5 Å². The van der Waals surface area contributed by atoms with E-state index in [4.69, 9.17) is 4.98 Å². The second-order valence-corrected chi connectivity index (χ2v) is 8.29. The molecule has 0 saturated heterocycles. The summed E-state index contributed by atoms with van der Waals surface area (Å²) in [6.07, 6.45) is 2.30. The number of hydrogen-bond acceptors (Lipinski definition) is 5. The molecule has 0 bridgehead atoms. The molecule has 4 rings (SSSR count). The maximum absolute atomic E-state index is 13.8. The summed E-state index contributed by atoms with van der Waals surface area (Å²) in [5.74, 6) is 0.846. The number of hydrogen-bond donors (Lipinski definition) is 3. The van der Waals surface area contributed by atoms with E-state index in [1.165, 1.54) is 0 Å². The number of amides is 2. The fourth-order valence-corrected chi connectivity index (χ4v) is 3.93. The lowest BCUT2D eigenvalue weighted by atomic mass is 10.0. The Bertz CT molecular complexity index is 1080. The predicted octanol–water partition coefficient (Wildman–Crippen LogP) is 2.34. The number of rotatable bonds is 6. The predicted molar refractivity (Wildman–Crippen MR) is 120 cm³/mol. The first kappa shape index (κ1) is 21.0. The number of anilines is 1. The molecule has 0 aliphatic carbocycles. The number of nitrogens with zero attached hydrogens (tertiary/aromatic N) is 3. The molecule has 0 saturated carbocycles. The van der Waals surface area contributed by atoms with Crippen molar-refractivity contribution in [1.82, 2.24) is 25.6 Å². The minimum Gasteiger partial charge on any atom is -0.343 e. The Hall–Kier alpha value is -3.26. The van der Waals surface area contributed by atoms with Crippen LogP contribution in [-0.2, 0) is 16.0 Å². The molecule has 3 N–H and O–H groups in total. The number of benzene rings is 1. The number of carbonyl (C=O) groups excluding carboxylic acids is 2. The van der Waals surface area contributed by atoms with Crippen molar-refractivity contribution in [1.29, 1.82) is 0 Å². The second-order valence-electron chi connectivity index (χ2n) is 8.29. The molecule has 0 unspecified atom stereocenters. The zero-order valence-electron chi connectivity index (χ0n) is 18.2. The van der Waals surface area contributed by atoms with Gasteiger partial charge >= 0.3 is 0 Å². The summed E-state index contributed by atoms with van der Waals surface area (Å²) in [5.41, 5.74) is 2.76. The largest absolute Gasteiger partial charge is 0.343 e. The van der Waals surface area contributed by atoms with Crippen molar-refractivity contribution in [3.05, 3.63) is 54.0 Å². The fourth-order valence-electron chi connectivity index (χ4n) is 3.93. The lowest BCUT2D eigenvalue weighted by Crippen LogP contribution is -2.55. The molecule has 2 aromatic heterocycles. The maximum Gasteiger partial charge on any atom is 0.251 e. The van der Waals surface area contributed by atoms with Crippen molar-refractivity contribution in [3.8, 4) is 0 Å². The Morgan fingerprint density at radius 2 is 1.94 bits per heavy atom. The molecule has 3 aromatic rings. The Labute approximate surface area is 181 Å². The van der Waals surface area contributed by atoms with Gasteiger partial charge in [0.25, 0.3) is 5.91 Å². The van der Waals surface area contributed by atoms with Crippen molar-refractivity contribution in [2.24, 2.45) is 5.92 Å². The van der Waals surface area contributed by atoms with E-state index in [2.05, 4.69) is 20.6 Å². The number of pyridine rings is 1. The van der Waals surface area contributed by atoms with Crippen molar-refractivity contribution in [2.75, 3.05) is 11.9 Å². The van der Waals surface area contributed by atoms with Crippen LogP contribution >= 0.6 is 0 Å². The molecule has 162 valence electrons. The molecular formula is C23H28N6O2. The molecular weight excluding hydrogens is 392 g/mol. The molecule has 31 heavy (non-hydrogen) atoms. The minimum atomic E-state index is -0.678. The molecule has 3 atom stereocenters. The molecule has 1 aromatic carbocycles. The highest BCUT2D eigenvalue weighted by atomic mass is 16.2. The van der Waals surface area contributed by atoms with Crippen molar-refractivity contribution < 1.29 is 9.59 Å². The van der Waals surface area contributed by atoms with Crippen LogP contribution in [0.3, 0.4) is 0 Å². The minimum absolute atomic E-state index is 0.0930. The van der Waals surface area contributed by atoms with Gasteiger partial charge in [-0.25, -0.2) is 9.97 Å². The quantitative estimate of drug-likeness (QED) is 0.568. The SMILES string of the molecule is CN[C@H](C)C(=O)N[C@H](C(=O)N1c2ncccc2C[C@H]1c1nc2ccccc2[nH]1)C(C)C. The average molecular weight is 421 g/mol. The van der Waals surface area contributed by atoms with Crippen molar-refractivity contribution >= 4 is 28.7 Å².